The summed E-state index contributed by atoms with van der Waals surface area (Å²) in [5.41, 5.74) is 0.548. The molecular weight excluding hydrogens is 290 g/mol. The Morgan fingerprint density at radius 3 is 2.43 bits per heavy atom. The van der Waals surface area contributed by atoms with Crippen LogP contribution in [0.4, 0.5) is 0 Å². The molecular formula is C14H19N3O3S. The van der Waals surface area contributed by atoms with E-state index in [-0.39, 0.29) is 17.3 Å². The summed E-state index contributed by atoms with van der Waals surface area (Å²) in [4.78, 5) is 15.6. The number of likely N-dealkylation sites (N-methyl/N-ethyl adjacent to an activating group) is 2. The standard InChI is InChI=1S/C14H19N3O3S/c1-4-17(5-2)13(18)10-16(3)14-11-8-6-7-9-12(11)21(19,20)15-14/h6-9H,4-5,10H2,1-3H3. The Morgan fingerprint density at radius 2 is 1.81 bits per heavy atom. The molecule has 0 saturated carbocycles. The number of amidine groups is 1. The lowest BCUT2D eigenvalue weighted by molar-refractivity contribution is -0.130. The number of carbonyl (C=O) groups excluding carboxylic acids is 1. The highest BCUT2D eigenvalue weighted by atomic mass is 32.2. The second-order valence-corrected chi connectivity index (χ2v) is 6.38. The second-order valence-electron chi connectivity index (χ2n) is 4.81. The molecule has 21 heavy (non-hydrogen) atoms. The molecule has 6 nitrogen and oxygen atoms in total. The van der Waals surface area contributed by atoms with Crippen molar-refractivity contribution in [1.29, 1.82) is 0 Å². The molecule has 7 heteroatoms. The molecule has 0 aliphatic carbocycles. The van der Waals surface area contributed by atoms with Crippen LogP contribution in [0.5, 0.6) is 0 Å². The van der Waals surface area contributed by atoms with Gasteiger partial charge in [0, 0.05) is 25.7 Å². The molecule has 2 rings (SSSR count). The highest BCUT2D eigenvalue weighted by molar-refractivity contribution is 7.90. The first-order valence-corrected chi connectivity index (χ1v) is 8.28. The Labute approximate surface area is 125 Å². The lowest BCUT2D eigenvalue weighted by Gasteiger charge is -2.24. The van der Waals surface area contributed by atoms with Crippen LogP contribution >= 0.6 is 0 Å². The first-order valence-electron chi connectivity index (χ1n) is 6.84. The van der Waals surface area contributed by atoms with Gasteiger partial charge >= 0.3 is 0 Å². The van der Waals surface area contributed by atoms with Gasteiger partial charge in [-0.15, -0.1) is 4.40 Å². The van der Waals surface area contributed by atoms with E-state index in [1.165, 1.54) is 6.07 Å². The average molecular weight is 309 g/mol. The molecule has 0 unspecified atom stereocenters. The van der Waals surface area contributed by atoms with Crippen molar-refractivity contribution in [2.24, 2.45) is 4.40 Å². The third-order valence-electron chi connectivity index (χ3n) is 3.46. The van der Waals surface area contributed by atoms with Gasteiger partial charge in [-0.3, -0.25) is 4.79 Å². The van der Waals surface area contributed by atoms with Crippen molar-refractivity contribution in [3.05, 3.63) is 29.8 Å². The fourth-order valence-corrected chi connectivity index (χ4v) is 3.57. The summed E-state index contributed by atoms with van der Waals surface area (Å²) in [5, 5.41) is 0. The maximum atomic E-state index is 12.1. The second kappa shape index (κ2) is 5.85. The molecule has 1 amide bonds. The van der Waals surface area contributed by atoms with Gasteiger partial charge < -0.3 is 9.80 Å². The maximum absolute atomic E-state index is 12.1. The maximum Gasteiger partial charge on any atom is 0.285 e. The minimum Gasteiger partial charge on any atom is -0.349 e. The quantitative estimate of drug-likeness (QED) is 0.830. The summed E-state index contributed by atoms with van der Waals surface area (Å²) in [7, 11) is -1.97. The summed E-state index contributed by atoms with van der Waals surface area (Å²) in [6, 6.07) is 6.66. The Morgan fingerprint density at radius 1 is 1.19 bits per heavy atom. The van der Waals surface area contributed by atoms with Crippen LogP contribution in [-0.2, 0) is 14.8 Å². The summed E-state index contributed by atoms with van der Waals surface area (Å²) < 4.78 is 27.8. The van der Waals surface area contributed by atoms with Crippen LogP contribution in [0.1, 0.15) is 19.4 Å². The van der Waals surface area contributed by atoms with Crippen molar-refractivity contribution in [2.75, 3.05) is 26.7 Å². The molecule has 0 fully saturated rings. The molecule has 0 aromatic heterocycles. The Bertz CT molecular complexity index is 678. The zero-order chi connectivity index (χ0) is 15.6. The molecule has 0 bridgehead atoms. The minimum absolute atomic E-state index is 0.0491. The molecule has 1 aromatic rings. The number of hydrogen-bond acceptors (Lipinski definition) is 4. The smallest absolute Gasteiger partial charge is 0.285 e. The van der Waals surface area contributed by atoms with Crippen LogP contribution in [0.15, 0.2) is 33.6 Å². The molecule has 0 N–H and O–H groups in total. The Balaban J connectivity index is 2.25. The third-order valence-corrected chi connectivity index (χ3v) is 4.79. The highest BCUT2D eigenvalue weighted by Gasteiger charge is 2.31. The number of carbonyl (C=O) groups is 1. The first-order chi connectivity index (χ1) is 9.90. The van der Waals surface area contributed by atoms with E-state index < -0.39 is 10.0 Å². The van der Waals surface area contributed by atoms with Gasteiger partial charge in [0.15, 0.2) is 5.84 Å². The fraction of sp³-hybridized carbons (Fsp3) is 0.429. The molecule has 1 aliphatic heterocycles. The van der Waals surface area contributed by atoms with Crippen molar-refractivity contribution in [3.8, 4) is 0 Å². The molecule has 1 aliphatic rings. The summed E-state index contributed by atoms with van der Waals surface area (Å²) in [6.07, 6.45) is 0. The van der Waals surface area contributed by atoms with Crippen LogP contribution in [0, 0.1) is 0 Å². The van der Waals surface area contributed by atoms with Gasteiger partial charge in [-0.05, 0) is 26.0 Å². The third kappa shape index (κ3) is 2.92. The summed E-state index contributed by atoms with van der Waals surface area (Å²) in [5.74, 6) is 0.276. The number of fused-ring (bicyclic) bond motifs is 1. The topological polar surface area (TPSA) is 70.1 Å². The number of rotatable bonds is 4. The number of nitrogens with zero attached hydrogens (tertiary/aromatic N) is 3. The number of benzene rings is 1. The lowest BCUT2D eigenvalue weighted by atomic mass is 10.2. The van der Waals surface area contributed by atoms with E-state index >= 15 is 0 Å². The predicted octanol–water partition coefficient (Wildman–Crippen LogP) is 0.936. The van der Waals surface area contributed by atoms with Gasteiger partial charge in [0.1, 0.15) is 4.90 Å². The van der Waals surface area contributed by atoms with Crippen LogP contribution in [0.3, 0.4) is 0 Å². The number of amides is 1. The zero-order valence-corrected chi connectivity index (χ0v) is 13.2. The Kier molecular flexibility index (Phi) is 4.32. The van der Waals surface area contributed by atoms with Crippen LogP contribution < -0.4 is 0 Å². The van der Waals surface area contributed by atoms with Gasteiger partial charge in [0.25, 0.3) is 10.0 Å². The zero-order valence-electron chi connectivity index (χ0n) is 12.4. The highest BCUT2D eigenvalue weighted by Crippen LogP contribution is 2.26. The summed E-state index contributed by atoms with van der Waals surface area (Å²) in [6.45, 7) is 5.18. The van der Waals surface area contributed by atoms with Gasteiger partial charge in [-0.2, -0.15) is 8.42 Å². The van der Waals surface area contributed by atoms with E-state index in [1.54, 1.807) is 35.0 Å². The predicted molar refractivity (Wildman–Crippen MR) is 80.7 cm³/mol. The Hall–Kier alpha value is -1.89. The van der Waals surface area contributed by atoms with Gasteiger partial charge in [0.05, 0.1) is 6.54 Å². The molecule has 1 aromatic carbocycles. The van der Waals surface area contributed by atoms with E-state index in [4.69, 9.17) is 0 Å². The largest absolute Gasteiger partial charge is 0.349 e. The van der Waals surface area contributed by atoms with Gasteiger partial charge in [-0.1, -0.05) is 12.1 Å². The van der Waals surface area contributed by atoms with Gasteiger partial charge in [-0.25, -0.2) is 0 Å². The van der Waals surface area contributed by atoms with Crippen LogP contribution in [-0.4, -0.2) is 56.6 Å². The summed E-state index contributed by atoms with van der Waals surface area (Å²) >= 11 is 0. The first kappa shape index (κ1) is 15.5. The van der Waals surface area contributed by atoms with Crippen molar-refractivity contribution in [1.82, 2.24) is 9.80 Å². The van der Waals surface area contributed by atoms with Crippen molar-refractivity contribution >= 4 is 21.8 Å². The van der Waals surface area contributed by atoms with E-state index in [0.29, 0.717) is 24.5 Å². The van der Waals surface area contributed by atoms with Gasteiger partial charge in [0.2, 0.25) is 5.91 Å². The van der Waals surface area contributed by atoms with E-state index in [1.807, 2.05) is 13.8 Å². The lowest BCUT2D eigenvalue weighted by Crippen LogP contribution is -2.41. The van der Waals surface area contributed by atoms with Crippen molar-refractivity contribution < 1.29 is 13.2 Å². The monoisotopic (exact) mass is 309 g/mol. The van der Waals surface area contributed by atoms with Crippen LogP contribution in [0.2, 0.25) is 0 Å². The number of hydrogen-bond donors (Lipinski definition) is 0. The van der Waals surface area contributed by atoms with Crippen LogP contribution in [0.25, 0.3) is 0 Å². The molecule has 0 spiro atoms. The molecule has 0 atom stereocenters. The minimum atomic E-state index is -3.65. The molecule has 1 heterocycles. The van der Waals surface area contributed by atoms with E-state index in [0.717, 1.165) is 0 Å². The molecule has 0 radical (unpaired) electrons. The molecule has 114 valence electrons. The van der Waals surface area contributed by atoms with Crippen molar-refractivity contribution in [2.45, 2.75) is 18.7 Å². The molecule has 0 saturated heterocycles. The average Bonchev–Trinajstić information content (AvgIpc) is 2.73. The van der Waals surface area contributed by atoms with Crippen molar-refractivity contribution in [3.63, 3.8) is 0 Å². The normalized spacial score (nSPS) is 15.3. The van der Waals surface area contributed by atoms with E-state index in [9.17, 15) is 13.2 Å². The SMILES string of the molecule is CCN(CC)C(=O)CN(C)C1=NS(=O)(=O)c2ccccc21. The fourth-order valence-electron chi connectivity index (χ4n) is 2.32. The van der Waals surface area contributed by atoms with E-state index in [2.05, 4.69) is 4.40 Å². The number of sulfonamides is 1.